The van der Waals surface area contributed by atoms with Gasteiger partial charge in [0.05, 0.1) is 23.5 Å². The standard InChI is InChI=1S/C31H32F2N8O2/c1-17(18(2)34)22-13-25(26-23(32)5-4-6-24(26)33)37-14-20-15-38-30(40-27(20)22)39-21-9-7-19(8-10-21)28(42)41-12-11-31(16-41,36-3)29(35)43/h4-10,13,15,36H,11-12,14,16,34H2,1-3H3,(H2,35,43)(H,38,39,40)/b18-17-/t31-/m1/s1. The van der Waals surface area contributed by atoms with Gasteiger partial charge in [-0.15, -0.1) is 0 Å². The fraction of sp³-hybridized carbons (Fsp3) is 0.258. The summed E-state index contributed by atoms with van der Waals surface area (Å²) in [6, 6.07) is 10.5. The second-order valence-corrected chi connectivity index (χ2v) is 10.6. The van der Waals surface area contributed by atoms with Gasteiger partial charge in [0.25, 0.3) is 5.91 Å². The topological polar surface area (TPSA) is 152 Å². The first-order chi connectivity index (χ1) is 20.5. The third-order valence-electron chi connectivity index (χ3n) is 7.93. The second-order valence-electron chi connectivity index (χ2n) is 10.6. The lowest BCUT2D eigenvalue weighted by molar-refractivity contribution is -0.123. The number of halogens is 2. The van der Waals surface area contributed by atoms with Crippen LogP contribution < -0.4 is 22.1 Å². The van der Waals surface area contributed by atoms with Gasteiger partial charge in [-0.05, 0) is 75.4 Å². The number of hydrogen-bond acceptors (Lipinski definition) is 8. The van der Waals surface area contributed by atoms with Crippen LogP contribution in [0.2, 0.25) is 0 Å². The molecular formula is C31H32F2N8O2. The Morgan fingerprint density at radius 3 is 2.35 bits per heavy atom. The van der Waals surface area contributed by atoms with E-state index in [-0.39, 0.29) is 36.2 Å². The summed E-state index contributed by atoms with van der Waals surface area (Å²) in [6.07, 6.45) is 3.64. The molecule has 0 aliphatic carbocycles. The number of amides is 2. The highest BCUT2D eigenvalue weighted by atomic mass is 19.1. The predicted octanol–water partition coefficient (Wildman–Crippen LogP) is 3.43. The van der Waals surface area contributed by atoms with Crippen LogP contribution in [0.4, 0.5) is 20.4 Å². The number of anilines is 2. The van der Waals surface area contributed by atoms with Crippen molar-refractivity contribution in [1.82, 2.24) is 20.2 Å². The van der Waals surface area contributed by atoms with Gasteiger partial charge in [0.1, 0.15) is 17.2 Å². The molecule has 2 amide bonds. The molecule has 3 aromatic rings. The van der Waals surface area contributed by atoms with Crippen LogP contribution >= 0.6 is 0 Å². The molecule has 0 spiro atoms. The summed E-state index contributed by atoms with van der Waals surface area (Å²) in [5, 5.41) is 6.11. The molecule has 10 nitrogen and oxygen atoms in total. The summed E-state index contributed by atoms with van der Waals surface area (Å²) in [5.41, 5.74) is 14.7. The number of fused-ring (bicyclic) bond motifs is 1. The van der Waals surface area contributed by atoms with Crippen LogP contribution in [0.25, 0.3) is 5.57 Å². The molecule has 5 rings (SSSR count). The number of aromatic nitrogens is 2. The van der Waals surface area contributed by atoms with Crippen molar-refractivity contribution < 1.29 is 18.4 Å². The number of nitrogens with one attached hydrogen (secondary N) is 2. The Hall–Kier alpha value is -4.97. The highest BCUT2D eigenvalue weighted by Gasteiger charge is 2.43. The normalized spacial score (nSPS) is 18.7. The van der Waals surface area contributed by atoms with Crippen LogP contribution in [-0.2, 0) is 11.3 Å². The molecule has 3 heterocycles. The summed E-state index contributed by atoms with van der Waals surface area (Å²) in [5.74, 6) is -1.87. The van der Waals surface area contributed by atoms with Gasteiger partial charge in [-0.1, -0.05) is 6.07 Å². The van der Waals surface area contributed by atoms with Gasteiger partial charge in [-0.2, -0.15) is 0 Å². The summed E-state index contributed by atoms with van der Waals surface area (Å²) < 4.78 is 29.3. The van der Waals surface area contributed by atoms with E-state index in [0.717, 1.165) is 0 Å². The summed E-state index contributed by atoms with van der Waals surface area (Å²) in [7, 11) is 1.66. The lowest BCUT2D eigenvalue weighted by atomic mass is 9.97. The largest absolute Gasteiger partial charge is 0.402 e. The maximum Gasteiger partial charge on any atom is 0.253 e. The van der Waals surface area contributed by atoms with E-state index in [9.17, 15) is 18.4 Å². The molecule has 2 aliphatic rings. The number of carbonyl (C=O) groups is 2. The van der Waals surface area contributed by atoms with Crippen LogP contribution in [-0.4, -0.2) is 58.1 Å². The van der Waals surface area contributed by atoms with E-state index in [1.165, 1.54) is 18.2 Å². The quantitative estimate of drug-likeness (QED) is 0.331. The van der Waals surface area contributed by atoms with Crippen LogP contribution in [0.15, 0.2) is 71.0 Å². The van der Waals surface area contributed by atoms with Crippen molar-refractivity contribution in [1.29, 1.82) is 0 Å². The van der Waals surface area contributed by atoms with Gasteiger partial charge in [0.15, 0.2) is 0 Å². The van der Waals surface area contributed by atoms with Gasteiger partial charge >= 0.3 is 0 Å². The van der Waals surface area contributed by atoms with Crippen molar-refractivity contribution in [3.63, 3.8) is 0 Å². The Morgan fingerprint density at radius 1 is 1.05 bits per heavy atom. The fourth-order valence-electron chi connectivity index (χ4n) is 5.15. The Bertz CT molecular complexity index is 1680. The van der Waals surface area contributed by atoms with Crippen molar-refractivity contribution >= 4 is 34.7 Å². The molecule has 0 bridgehead atoms. The third-order valence-corrected chi connectivity index (χ3v) is 7.93. The number of likely N-dealkylation sites (tertiary alicyclic amines) is 1. The summed E-state index contributed by atoms with van der Waals surface area (Å²) >= 11 is 0. The van der Waals surface area contributed by atoms with Crippen molar-refractivity contribution in [2.75, 3.05) is 25.5 Å². The number of nitrogens with two attached hydrogens (primary N) is 2. The molecule has 1 aromatic heterocycles. The molecule has 1 atom stereocenters. The van der Waals surface area contributed by atoms with Crippen LogP contribution in [0, 0.1) is 11.6 Å². The maximum atomic E-state index is 14.7. The number of aliphatic imine (C=N–C) groups is 1. The number of allylic oxidation sites excluding steroid dienone is 4. The molecule has 6 N–H and O–H groups in total. The van der Waals surface area contributed by atoms with Crippen molar-refractivity contribution in [3.8, 4) is 0 Å². The van der Waals surface area contributed by atoms with Crippen LogP contribution in [0.1, 0.15) is 47.4 Å². The van der Waals surface area contributed by atoms with E-state index >= 15 is 0 Å². The van der Waals surface area contributed by atoms with Gasteiger partial charge in [0.2, 0.25) is 11.9 Å². The SMILES string of the molecule is CN[C@]1(C(N)=O)CCN(C(=O)c2ccc(Nc3ncc4c(n3)C(/C(C)=C(/C)N)=CC(c3c(F)cccc3F)=NC4)cc2)C1. The number of hydrogen-bond donors (Lipinski definition) is 4. The first-order valence-corrected chi connectivity index (χ1v) is 13.7. The summed E-state index contributed by atoms with van der Waals surface area (Å²) in [6.45, 7) is 4.25. The number of benzene rings is 2. The monoisotopic (exact) mass is 586 g/mol. The molecule has 12 heteroatoms. The zero-order chi connectivity index (χ0) is 30.9. The Labute approximate surface area is 247 Å². The summed E-state index contributed by atoms with van der Waals surface area (Å²) in [4.78, 5) is 40.2. The van der Waals surface area contributed by atoms with Gasteiger partial charge in [0, 0.05) is 47.4 Å². The molecular weight excluding hydrogens is 554 g/mol. The molecule has 1 fully saturated rings. The highest BCUT2D eigenvalue weighted by molar-refractivity contribution is 6.14. The zero-order valence-corrected chi connectivity index (χ0v) is 24.0. The smallest absolute Gasteiger partial charge is 0.253 e. The number of likely N-dealkylation sites (N-methyl/N-ethyl adjacent to an activating group) is 1. The highest BCUT2D eigenvalue weighted by Crippen LogP contribution is 2.31. The minimum atomic E-state index is -0.932. The third kappa shape index (κ3) is 5.73. The number of carbonyl (C=O) groups excluding carboxylic acids is 2. The molecule has 2 aliphatic heterocycles. The molecule has 0 radical (unpaired) electrons. The first kappa shape index (κ1) is 29.5. The maximum absolute atomic E-state index is 14.7. The lowest BCUT2D eigenvalue weighted by Crippen LogP contribution is -2.56. The van der Waals surface area contributed by atoms with Gasteiger partial charge < -0.3 is 27.0 Å². The minimum Gasteiger partial charge on any atom is -0.402 e. The van der Waals surface area contributed by atoms with E-state index in [1.54, 1.807) is 62.3 Å². The molecule has 0 unspecified atom stereocenters. The van der Waals surface area contributed by atoms with Crippen molar-refractivity contribution in [3.05, 3.63) is 100 Å². The average Bonchev–Trinajstić information content (AvgIpc) is 3.36. The molecule has 0 saturated carbocycles. The Balaban J connectivity index is 1.40. The first-order valence-electron chi connectivity index (χ1n) is 13.7. The zero-order valence-electron chi connectivity index (χ0n) is 24.0. The van der Waals surface area contributed by atoms with E-state index < -0.39 is 23.1 Å². The lowest BCUT2D eigenvalue weighted by Gasteiger charge is -2.25. The molecule has 2 aromatic carbocycles. The Morgan fingerprint density at radius 2 is 1.74 bits per heavy atom. The van der Waals surface area contributed by atoms with E-state index in [1.807, 2.05) is 0 Å². The second kappa shape index (κ2) is 11.7. The molecule has 222 valence electrons. The molecule has 43 heavy (non-hydrogen) atoms. The number of nitrogens with zero attached hydrogens (tertiary/aromatic N) is 4. The van der Waals surface area contributed by atoms with Crippen LogP contribution in [0.3, 0.4) is 0 Å². The molecule has 1 saturated heterocycles. The minimum absolute atomic E-state index is 0.105. The number of primary amides is 1. The van der Waals surface area contributed by atoms with E-state index in [2.05, 4.69) is 20.6 Å². The van der Waals surface area contributed by atoms with Crippen molar-refractivity contribution in [2.45, 2.75) is 32.4 Å². The predicted molar refractivity (Wildman–Crippen MR) is 160 cm³/mol. The number of rotatable bonds is 7. The van der Waals surface area contributed by atoms with E-state index in [4.69, 9.17) is 16.5 Å². The van der Waals surface area contributed by atoms with E-state index in [0.29, 0.717) is 52.3 Å². The Kier molecular flexibility index (Phi) is 8.05. The van der Waals surface area contributed by atoms with Crippen LogP contribution in [0.5, 0.6) is 0 Å². The van der Waals surface area contributed by atoms with Gasteiger partial charge in [-0.3, -0.25) is 14.6 Å². The fourth-order valence-corrected chi connectivity index (χ4v) is 5.15. The average molecular weight is 587 g/mol. The van der Waals surface area contributed by atoms with Gasteiger partial charge in [-0.25, -0.2) is 18.7 Å². The van der Waals surface area contributed by atoms with Crippen molar-refractivity contribution in [2.24, 2.45) is 16.5 Å².